The molecule has 0 radical (unpaired) electrons. The first-order chi connectivity index (χ1) is 34.4. The molecule has 0 N–H and O–H groups in total. The van der Waals surface area contributed by atoms with Gasteiger partial charge in [-0.2, -0.15) is 9.97 Å². The lowest BCUT2D eigenvalue weighted by Gasteiger charge is -2.11. The van der Waals surface area contributed by atoms with E-state index in [0.29, 0.717) is 0 Å². The lowest BCUT2D eigenvalue weighted by molar-refractivity contribution is 0.669. The highest BCUT2D eigenvalue weighted by molar-refractivity contribution is 6.13. The summed E-state index contributed by atoms with van der Waals surface area (Å²) in [6, 6.07) is -10.1. The van der Waals surface area contributed by atoms with Crippen molar-refractivity contribution in [2.75, 3.05) is 0 Å². The second-order valence-corrected chi connectivity index (χ2v) is 10.7. The average Bonchev–Trinajstić information content (AvgIpc) is 3.96. The summed E-state index contributed by atoms with van der Waals surface area (Å²) in [5.74, 6) is -1.37. The molecule has 0 spiro atoms. The molecule has 0 atom stereocenters. The Bertz CT molecular complexity index is 4140. The summed E-state index contributed by atoms with van der Waals surface area (Å²) in [6.07, 6.45) is 0. The van der Waals surface area contributed by atoms with Crippen molar-refractivity contribution in [1.29, 1.82) is 0 Å². The second kappa shape index (κ2) is 11.4. The smallest absolute Gasteiger partial charge is 0.238 e. The number of rotatable bonds is 5. The topological polar surface area (TPSA) is 56.7 Å². The zero-order chi connectivity index (χ0) is 53.0. The van der Waals surface area contributed by atoms with Gasteiger partial charge >= 0.3 is 0 Å². The molecule has 0 amide bonds. The van der Waals surface area contributed by atoms with E-state index >= 15 is 0 Å². The van der Waals surface area contributed by atoms with Crippen LogP contribution in [0, 0.1) is 0 Å². The largest absolute Gasteiger partial charge is 0.456 e. The Hall–Kier alpha value is -6.85. The summed E-state index contributed by atoms with van der Waals surface area (Å²) in [7, 11) is 0. The molecule has 0 fully saturated rings. The molecule has 10 aromatic rings. The Labute approximate surface area is 320 Å². The molecule has 0 aliphatic rings. The minimum Gasteiger partial charge on any atom is -0.456 e. The Morgan fingerprint density at radius 2 is 1.16 bits per heavy atom. The van der Waals surface area contributed by atoms with Crippen molar-refractivity contribution in [3.8, 4) is 51.0 Å². The average molecular weight is 664 g/mol. The lowest BCUT2D eigenvalue weighted by Crippen LogP contribution is -2.06. The predicted molar refractivity (Wildman–Crippen MR) is 203 cm³/mol. The number of aromatic nitrogens is 4. The summed E-state index contributed by atoms with van der Waals surface area (Å²) >= 11 is 0. The molecule has 3 heterocycles. The number of para-hydroxylation sites is 1. The second-order valence-electron chi connectivity index (χ2n) is 10.7. The van der Waals surface area contributed by atoms with Crippen molar-refractivity contribution in [2.24, 2.45) is 0 Å². The van der Waals surface area contributed by atoms with Gasteiger partial charge in [0.1, 0.15) is 11.2 Å². The molecule has 5 heteroatoms. The summed E-state index contributed by atoms with van der Waals surface area (Å²) in [5.41, 5.74) is -4.61. The van der Waals surface area contributed by atoms with Crippen molar-refractivity contribution < 1.29 is 35.9 Å². The zero-order valence-corrected chi connectivity index (χ0v) is 25.1. The summed E-state index contributed by atoms with van der Waals surface area (Å²) in [5, 5.41) is -1.63. The number of hydrogen-bond acceptors (Lipinski definition) is 4. The summed E-state index contributed by atoms with van der Waals surface area (Å²) in [4.78, 5) is 13.8. The van der Waals surface area contributed by atoms with Crippen LogP contribution < -0.4 is 0 Å². The van der Waals surface area contributed by atoms with E-state index < -0.39 is 217 Å². The van der Waals surface area contributed by atoms with E-state index in [1.54, 1.807) is 30.3 Å². The Balaban J connectivity index is 1.35. The van der Waals surface area contributed by atoms with Gasteiger partial charge in [0.05, 0.1) is 42.6 Å². The highest BCUT2D eigenvalue weighted by Crippen LogP contribution is 2.39. The summed E-state index contributed by atoms with van der Waals surface area (Å²) < 4.78 is 210. The fourth-order valence-corrected chi connectivity index (χ4v) is 5.63. The van der Waals surface area contributed by atoms with E-state index in [2.05, 4.69) is 15.0 Å². The van der Waals surface area contributed by atoms with Gasteiger partial charge in [0, 0.05) is 32.7 Å². The van der Waals surface area contributed by atoms with Crippen LogP contribution in [0.2, 0.25) is 0 Å². The van der Waals surface area contributed by atoms with Crippen LogP contribution >= 0.6 is 0 Å². The van der Waals surface area contributed by atoms with Gasteiger partial charge in [-0.25, -0.2) is 4.98 Å². The van der Waals surface area contributed by atoms with Crippen LogP contribution in [-0.4, -0.2) is 19.5 Å². The molecular weight excluding hydrogens is 613 g/mol. The van der Waals surface area contributed by atoms with E-state index in [-0.39, 0.29) is 16.8 Å². The molecule has 0 unspecified atom stereocenters. The summed E-state index contributed by atoms with van der Waals surface area (Å²) in [6.45, 7) is 0. The Morgan fingerprint density at radius 1 is 0.460 bits per heavy atom. The van der Waals surface area contributed by atoms with Crippen LogP contribution in [0.3, 0.4) is 0 Å². The highest BCUT2D eigenvalue weighted by atomic mass is 16.3. The minimum absolute atomic E-state index is 0.222. The van der Waals surface area contributed by atoms with Gasteiger partial charge in [-0.3, -0.25) is 4.57 Å². The van der Waals surface area contributed by atoms with Gasteiger partial charge in [-0.05, 0) is 58.5 Å². The van der Waals surface area contributed by atoms with Crippen LogP contribution in [0.25, 0.3) is 94.7 Å². The number of hydrogen-bond donors (Lipinski definition) is 0. The molecule has 0 aliphatic heterocycles. The fraction of sp³-hybridized carbons (Fsp3) is 0. The van der Waals surface area contributed by atoms with Crippen LogP contribution in [0.4, 0.5) is 0 Å². The van der Waals surface area contributed by atoms with Crippen molar-refractivity contribution in [1.82, 2.24) is 19.5 Å². The maximum absolute atomic E-state index is 9.58. The van der Waals surface area contributed by atoms with Gasteiger partial charge in [-0.1, -0.05) is 133 Å². The standard InChI is InChI=1S/C45H28N4O/c1-4-13-29(14-5-1)32-24-26-39-37(27-32)35-19-10-11-21-38(35)49(39)45-47-43(31-17-8-3-9-18-31)46-44(48-45)33-23-25-36-41(28-33)50-40-22-12-20-34(42(36)40)30-15-6-2-7-16-30/h1-28H/i1D,2D,4D,5D,6D,7D,10D,11D,12D,13D,14D,15D,16D,19D,20D,21D,22D,23D,24D,25D,26D,27D,28D. The quantitative estimate of drug-likeness (QED) is 0.184. The number of benzene rings is 7. The van der Waals surface area contributed by atoms with Crippen molar-refractivity contribution in [2.45, 2.75) is 0 Å². The molecule has 50 heavy (non-hydrogen) atoms. The third kappa shape index (κ3) is 4.60. The third-order valence-corrected chi connectivity index (χ3v) is 7.81. The maximum atomic E-state index is 9.58. The van der Waals surface area contributed by atoms with Crippen molar-refractivity contribution >= 4 is 43.7 Å². The van der Waals surface area contributed by atoms with Gasteiger partial charge < -0.3 is 4.42 Å². The van der Waals surface area contributed by atoms with Gasteiger partial charge in [-0.15, -0.1) is 0 Å². The first-order valence-electron chi connectivity index (χ1n) is 26.3. The van der Waals surface area contributed by atoms with Gasteiger partial charge in [0.2, 0.25) is 5.95 Å². The highest BCUT2D eigenvalue weighted by Gasteiger charge is 2.19. The van der Waals surface area contributed by atoms with E-state index in [1.807, 2.05) is 0 Å². The van der Waals surface area contributed by atoms with Crippen molar-refractivity contribution in [3.05, 3.63) is 169 Å². The number of nitrogens with zero attached hydrogens (tertiary/aromatic N) is 4. The van der Waals surface area contributed by atoms with Crippen LogP contribution in [0.5, 0.6) is 0 Å². The van der Waals surface area contributed by atoms with E-state index in [9.17, 15) is 9.60 Å². The molecule has 7 aromatic carbocycles. The van der Waals surface area contributed by atoms with E-state index in [4.69, 9.17) is 26.3 Å². The van der Waals surface area contributed by atoms with Crippen LogP contribution in [0.1, 0.15) is 31.5 Å². The first kappa shape index (κ1) is 13.6. The monoisotopic (exact) mass is 663 g/mol. The van der Waals surface area contributed by atoms with Gasteiger partial charge in [0.15, 0.2) is 11.6 Å². The SMILES string of the molecule is [2H]c1c([2H])c([2H])c(-c2c([2H])c([2H])c3c(c2[2H])c2c([2H])c([2H])c([2H])c([2H])c2n3-c2nc(-c3ccccc3)nc(-c3c([2H])c([2H])c4c(oc5c([2H])c([2H])c([2H])c(-c6c([2H])c([2H])c([2H])c([2H])c6[2H])c54)c3[2H])n2)c([2H])c1[2H]. The normalized spacial score (nSPS) is 18.0. The number of fused-ring (bicyclic) bond motifs is 6. The van der Waals surface area contributed by atoms with Crippen LogP contribution in [0.15, 0.2) is 174 Å². The zero-order valence-electron chi connectivity index (χ0n) is 48.1. The van der Waals surface area contributed by atoms with Crippen molar-refractivity contribution in [3.63, 3.8) is 0 Å². The molecule has 3 aromatic heterocycles. The predicted octanol–water partition coefficient (Wildman–Crippen LogP) is 11.5. The lowest BCUT2D eigenvalue weighted by atomic mass is 9.99. The molecule has 5 nitrogen and oxygen atoms in total. The first-order valence-corrected chi connectivity index (χ1v) is 14.8. The minimum atomic E-state index is -0.854. The molecule has 0 bridgehead atoms. The molecule has 234 valence electrons. The molecule has 0 saturated carbocycles. The van der Waals surface area contributed by atoms with Gasteiger partial charge in [0.25, 0.3) is 0 Å². The maximum Gasteiger partial charge on any atom is 0.238 e. The van der Waals surface area contributed by atoms with E-state index in [1.165, 1.54) is 0 Å². The molecule has 10 rings (SSSR count). The molecule has 0 saturated heterocycles. The number of furan rings is 1. The van der Waals surface area contributed by atoms with E-state index in [0.717, 1.165) is 4.57 Å². The Kier molecular flexibility index (Phi) is 3.09. The fourth-order valence-electron chi connectivity index (χ4n) is 5.63. The molecular formula is C45H28N4O. The molecule has 0 aliphatic carbocycles. The van der Waals surface area contributed by atoms with Crippen LogP contribution in [-0.2, 0) is 0 Å². The third-order valence-electron chi connectivity index (χ3n) is 7.81. The Morgan fingerprint density at radius 3 is 1.98 bits per heavy atom.